The van der Waals surface area contributed by atoms with Gasteiger partial charge in [-0.05, 0) is 30.3 Å². The van der Waals surface area contributed by atoms with Gasteiger partial charge in [0, 0.05) is 5.39 Å². The number of hydrogen-bond donors (Lipinski definition) is 2. The summed E-state index contributed by atoms with van der Waals surface area (Å²) in [5, 5.41) is 7.32. The van der Waals surface area contributed by atoms with Crippen molar-refractivity contribution in [3.05, 3.63) is 54.2 Å². The number of benzene rings is 2. The lowest BCUT2D eigenvalue weighted by Gasteiger charge is -2.09. The summed E-state index contributed by atoms with van der Waals surface area (Å²) in [4.78, 5) is 11.5. The molecule has 3 aromatic rings. The summed E-state index contributed by atoms with van der Waals surface area (Å²) < 4.78 is 32.2. The van der Waals surface area contributed by atoms with Gasteiger partial charge in [-0.3, -0.25) is 9.82 Å². The molecule has 1 heterocycles. The number of hydrogen-bond acceptors (Lipinski definition) is 5. The fourth-order valence-electron chi connectivity index (χ4n) is 2.17. The third kappa shape index (κ3) is 2.88. The van der Waals surface area contributed by atoms with Crippen molar-refractivity contribution in [3.63, 3.8) is 0 Å². The zero-order chi connectivity index (χ0) is 16.4. The van der Waals surface area contributed by atoms with Crippen molar-refractivity contribution < 1.29 is 17.9 Å². The van der Waals surface area contributed by atoms with Gasteiger partial charge in [0.1, 0.15) is 0 Å². The molecule has 0 amide bonds. The van der Waals surface area contributed by atoms with Crippen LogP contribution in [0.5, 0.6) is 0 Å². The van der Waals surface area contributed by atoms with Crippen LogP contribution in [0.4, 0.5) is 5.69 Å². The number of rotatable bonds is 4. The molecule has 2 aromatic carbocycles. The van der Waals surface area contributed by atoms with Crippen molar-refractivity contribution in [2.45, 2.75) is 4.90 Å². The molecular weight excluding hydrogens is 318 g/mol. The first-order valence-electron chi connectivity index (χ1n) is 6.64. The smallest absolute Gasteiger partial charge is 0.337 e. The summed E-state index contributed by atoms with van der Waals surface area (Å²) in [6, 6.07) is 10.8. The number of nitrogens with zero attached hydrogens (tertiary/aromatic N) is 1. The van der Waals surface area contributed by atoms with E-state index in [1.165, 1.54) is 37.6 Å². The van der Waals surface area contributed by atoms with Crippen LogP contribution in [-0.2, 0) is 14.8 Å². The van der Waals surface area contributed by atoms with Gasteiger partial charge in [-0.25, -0.2) is 13.2 Å². The van der Waals surface area contributed by atoms with Crippen LogP contribution >= 0.6 is 0 Å². The van der Waals surface area contributed by atoms with Crippen molar-refractivity contribution in [2.75, 3.05) is 11.8 Å². The van der Waals surface area contributed by atoms with Crippen molar-refractivity contribution in [2.24, 2.45) is 0 Å². The van der Waals surface area contributed by atoms with E-state index in [0.29, 0.717) is 16.6 Å². The zero-order valence-corrected chi connectivity index (χ0v) is 12.9. The Hall–Kier alpha value is -2.87. The number of methoxy groups -OCH3 is 1. The fourth-order valence-corrected chi connectivity index (χ4v) is 3.29. The van der Waals surface area contributed by atoms with E-state index in [1.54, 1.807) is 18.2 Å². The van der Waals surface area contributed by atoms with Crippen LogP contribution < -0.4 is 4.72 Å². The lowest BCUT2D eigenvalue weighted by atomic mass is 10.2. The summed E-state index contributed by atoms with van der Waals surface area (Å²) in [5.41, 5.74) is 1.28. The second-order valence-electron chi connectivity index (χ2n) is 4.76. The first-order valence-corrected chi connectivity index (χ1v) is 8.13. The minimum atomic E-state index is -3.85. The fraction of sp³-hybridized carbons (Fsp3) is 0.0667. The molecule has 23 heavy (non-hydrogen) atoms. The summed E-state index contributed by atoms with van der Waals surface area (Å²) in [5.74, 6) is -0.598. The van der Waals surface area contributed by atoms with E-state index in [2.05, 4.69) is 19.7 Å². The lowest BCUT2D eigenvalue weighted by molar-refractivity contribution is 0.0600. The van der Waals surface area contributed by atoms with Crippen LogP contribution in [0.1, 0.15) is 10.4 Å². The molecule has 0 fully saturated rings. The molecule has 0 atom stereocenters. The highest BCUT2D eigenvalue weighted by Gasteiger charge is 2.18. The zero-order valence-electron chi connectivity index (χ0n) is 12.1. The number of H-pyrrole nitrogens is 1. The van der Waals surface area contributed by atoms with E-state index in [-0.39, 0.29) is 10.5 Å². The van der Waals surface area contributed by atoms with Crippen molar-refractivity contribution >= 4 is 32.6 Å². The van der Waals surface area contributed by atoms with E-state index in [1.807, 2.05) is 0 Å². The molecule has 0 aliphatic rings. The molecule has 7 nitrogen and oxygen atoms in total. The molecule has 0 bridgehead atoms. The van der Waals surface area contributed by atoms with Crippen molar-refractivity contribution in [1.29, 1.82) is 0 Å². The minimum Gasteiger partial charge on any atom is -0.465 e. The average molecular weight is 331 g/mol. The molecule has 2 N–H and O–H groups in total. The number of fused-ring (bicyclic) bond motifs is 1. The number of anilines is 1. The van der Waals surface area contributed by atoms with Crippen LogP contribution in [0.2, 0.25) is 0 Å². The maximum absolute atomic E-state index is 12.5. The molecule has 8 heteroatoms. The highest BCUT2D eigenvalue weighted by Crippen LogP contribution is 2.24. The Morgan fingerprint density at radius 2 is 2.00 bits per heavy atom. The molecule has 0 saturated heterocycles. The van der Waals surface area contributed by atoms with Gasteiger partial charge in [0.15, 0.2) is 0 Å². The van der Waals surface area contributed by atoms with E-state index < -0.39 is 16.0 Å². The molecule has 118 valence electrons. The van der Waals surface area contributed by atoms with Crippen LogP contribution in [0.25, 0.3) is 10.9 Å². The average Bonchev–Trinajstić information content (AvgIpc) is 3.04. The SMILES string of the molecule is COC(=O)c1cccc(S(=O)(=O)Nc2cccc3[nH]ncc23)c1. The maximum atomic E-state index is 12.5. The summed E-state index contributed by atoms with van der Waals surface area (Å²) in [6.45, 7) is 0. The van der Waals surface area contributed by atoms with Gasteiger partial charge in [0.2, 0.25) is 0 Å². The third-order valence-corrected chi connectivity index (χ3v) is 4.66. The molecule has 0 saturated carbocycles. The Labute approximate surface area is 132 Å². The number of esters is 1. The van der Waals surface area contributed by atoms with Gasteiger partial charge in [-0.2, -0.15) is 5.10 Å². The van der Waals surface area contributed by atoms with E-state index >= 15 is 0 Å². The molecular formula is C15H13N3O4S. The van der Waals surface area contributed by atoms with Gasteiger partial charge in [0.05, 0.1) is 35.0 Å². The number of ether oxygens (including phenoxy) is 1. The molecule has 3 rings (SSSR count). The Balaban J connectivity index is 1.99. The second-order valence-corrected chi connectivity index (χ2v) is 6.44. The highest BCUT2D eigenvalue weighted by molar-refractivity contribution is 7.92. The Morgan fingerprint density at radius 3 is 2.78 bits per heavy atom. The third-order valence-electron chi connectivity index (χ3n) is 3.29. The standard InChI is InChI=1S/C15H13N3O4S/c1-22-15(19)10-4-2-5-11(8-10)23(20,21)18-14-7-3-6-13-12(14)9-16-17-13/h2-9,18H,1H3,(H,16,17). The van der Waals surface area contributed by atoms with Gasteiger partial charge in [-0.1, -0.05) is 12.1 Å². The highest BCUT2D eigenvalue weighted by atomic mass is 32.2. The Kier molecular flexibility index (Phi) is 3.75. The topological polar surface area (TPSA) is 101 Å². The summed E-state index contributed by atoms with van der Waals surface area (Å²) in [7, 11) is -2.61. The molecule has 0 aliphatic heterocycles. The van der Waals surface area contributed by atoms with Crippen LogP contribution in [0.15, 0.2) is 53.6 Å². The van der Waals surface area contributed by atoms with Gasteiger partial charge < -0.3 is 4.74 Å². The normalized spacial score (nSPS) is 11.3. The predicted molar refractivity (Wildman–Crippen MR) is 84.7 cm³/mol. The van der Waals surface area contributed by atoms with Gasteiger partial charge in [-0.15, -0.1) is 0 Å². The molecule has 0 unspecified atom stereocenters. The maximum Gasteiger partial charge on any atom is 0.337 e. The largest absolute Gasteiger partial charge is 0.465 e. The predicted octanol–water partition coefficient (Wildman–Crippen LogP) is 2.15. The first kappa shape index (κ1) is 15.0. The second kappa shape index (κ2) is 5.73. The molecule has 0 radical (unpaired) electrons. The number of carbonyl (C=O) groups is 1. The van der Waals surface area contributed by atoms with E-state index in [4.69, 9.17) is 0 Å². The van der Waals surface area contributed by atoms with Crippen LogP contribution in [0, 0.1) is 0 Å². The summed E-state index contributed by atoms with van der Waals surface area (Å²) in [6.07, 6.45) is 1.54. The number of sulfonamides is 1. The number of aromatic nitrogens is 2. The Bertz CT molecular complexity index is 979. The number of aromatic amines is 1. The molecule has 0 spiro atoms. The van der Waals surface area contributed by atoms with Crippen molar-refractivity contribution in [1.82, 2.24) is 10.2 Å². The quantitative estimate of drug-likeness (QED) is 0.713. The first-order chi connectivity index (χ1) is 11.0. The lowest BCUT2D eigenvalue weighted by Crippen LogP contribution is -2.14. The number of carbonyl (C=O) groups excluding carboxylic acids is 1. The van der Waals surface area contributed by atoms with Crippen molar-refractivity contribution in [3.8, 4) is 0 Å². The van der Waals surface area contributed by atoms with E-state index in [9.17, 15) is 13.2 Å². The number of nitrogens with one attached hydrogen (secondary N) is 2. The van der Waals surface area contributed by atoms with Crippen LogP contribution in [-0.4, -0.2) is 31.7 Å². The molecule has 1 aromatic heterocycles. The monoisotopic (exact) mass is 331 g/mol. The van der Waals surface area contributed by atoms with E-state index in [0.717, 1.165) is 0 Å². The minimum absolute atomic E-state index is 0.0269. The van der Waals surface area contributed by atoms with Gasteiger partial charge in [0.25, 0.3) is 10.0 Å². The van der Waals surface area contributed by atoms with Gasteiger partial charge >= 0.3 is 5.97 Å². The summed E-state index contributed by atoms with van der Waals surface area (Å²) >= 11 is 0. The molecule has 0 aliphatic carbocycles. The van der Waals surface area contributed by atoms with Crippen LogP contribution in [0.3, 0.4) is 0 Å². The Morgan fingerprint density at radius 1 is 1.22 bits per heavy atom.